The molecule has 2 heterocycles. The molecule has 0 spiro atoms. The molecule has 1 aromatic heterocycles. The molecule has 1 amide bonds. The molecule has 1 atom stereocenters. The molecular weight excluding hydrogens is 352 g/mol. The van der Waals surface area contributed by atoms with Crippen molar-refractivity contribution >= 4 is 16.9 Å². The zero-order chi connectivity index (χ0) is 19.9. The monoisotopic (exact) mass is 378 g/mol. The number of primary amides is 1. The summed E-state index contributed by atoms with van der Waals surface area (Å²) >= 11 is 0. The minimum atomic E-state index is -0.240. The first kappa shape index (κ1) is 18.6. The molecule has 1 saturated heterocycles. The molecule has 28 heavy (non-hydrogen) atoms. The van der Waals surface area contributed by atoms with Crippen LogP contribution in [-0.2, 0) is 11.3 Å². The van der Waals surface area contributed by atoms with E-state index in [9.17, 15) is 4.79 Å². The van der Waals surface area contributed by atoms with Gasteiger partial charge in [-0.25, -0.2) is 0 Å². The van der Waals surface area contributed by atoms with Gasteiger partial charge in [-0.3, -0.25) is 9.69 Å². The Labute approximate surface area is 165 Å². The lowest BCUT2D eigenvalue weighted by atomic mass is 9.90. The van der Waals surface area contributed by atoms with Crippen molar-refractivity contribution in [3.8, 4) is 17.1 Å². The van der Waals surface area contributed by atoms with E-state index in [0.717, 1.165) is 46.6 Å². The quantitative estimate of drug-likeness (QED) is 0.723. The lowest BCUT2D eigenvalue weighted by Gasteiger charge is -2.22. The number of benzene rings is 2. The summed E-state index contributed by atoms with van der Waals surface area (Å²) in [6.07, 6.45) is 0.802. The van der Waals surface area contributed by atoms with Gasteiger partial charge in [-0.2, -0.15) is 0 Å². The van der Waals surface area contributed by atoms with Gasteiger partial charge in [-0.05, 0) is 47.7 Å². The van der Waals surface area contributed by atoms with Crippen LogP contribution in [0, 0.1) is 5.41 Å². The fraction of sp³-hybridized carbons (Fsp3) is 0.348. The third-order valence-electron chi connectivity index (χ3n) is 5.47. The van der Waals surface area contributed by atoms with Crippen LogP contribution >= 0.6 is 0 Å². The second-order valence-electron chi connectivity index (χ2n) is 8.41. The molecule has 0 unspecified atom stereocenters. The van der Waals surface area contributed by atoms with E-state index in [4.69, 9.17) is 14.9 Å². The zero-order valence-corrected chi connectivity index (χ0v) is 16.6. The van der Waals surface area contributed by atoms with Crippen LogP contribution in [0.5, 0.6) is 5.75 Å². The second-order valence-corrected chi connectivity index (χ2v) is 8.41. The second kappa shape index (κ2) is 6.99. The van der Waals surface area contributed by atoms with Crippen LogP contribution < -0.4 is 10.5 Å². The van der Waals surface area contributed by atoms with E-state index in [1.54, 1.807) is 7.11 Å². The van der Waals surface area contributed by atoms with Crippen LogP contribution in [0.2, 0.25) is 0 Å². The van der Waals surface area contributed by atoms with Crippen molar-refractivity contribution in [2.24, 2.45) is 11.1 Å². The average molecular weight is 378 g/mol. The Kier molecular flexibility index (Phi) is 4.63. The first-order chi connectivity index (χ1) is 13.3. The van der Waals surface area contributed by atoms with Crippen molar-refractivity contribution in [3.63, 3.8) is 0 Å². The van der Waals surface area contributed by atoms with Crippen LogP contribution in [-0.4, -0.2) is 30.5 Å². The van der Waals surface area contributed by atoms with Gasteiger partial charge in [-0.15, -0.1) is 0 Å². The highest BCUT2D eigenvalue weighted by atomic mass is 16.5. The van der Waals surface area contributed by atoms with Gasteiger partial charge in [0, 0.05) is 24.0 Å². The number of amides is 1. The summed E-state index contributed by atoms with van der Waals surface area (Å²) in [5.41, 5.74) is 8.70. The number of ether oxygens (including phenoxy) is 1. The molecule has 1 aliphatic heterocycles. The van der Waals surface area contributed by atoms with E-state index in [1.165, 1.54) is 0 Å². The predicted molar refractivity (Wildman–Crippen MR) is 110 cm³/mol. The Morgan fingerprint density at radius 3 is 2.82 bits per heavy atom. The number of methoxy groups -OCH3 is 1. The smallest absolute Gasteiger partial charge is 0.234 e. The molecule has 5 nitrogen and oxygen atoms in total. The van der Waals surface area contributed by atoms with Gasteiger partial charge in [0.15, 0.2) is 0 Å². The largest absolute Gasteiger partial charge is 0.497 e. The summed E-state index contributed by atoms with van der Waals surface area (Å²) in [6, 6.07) is 15.9. The van der Waals surface area contributed by atoms with Crippen molar-refractivity contribution in [1.29, 1.82) is 0 Å². The highest BCUT2D eigenvalue weighted by Gasteiger charge is 2.40. The number of carbonyl (C=O) groups excluding carboxylic acids is 1. The SMILES string of the molecule is COc1cccc(-c2cc3cc(CN4CC(C)(C)C[C@H]4C(N)=O)ccc3o2)c1. The lowest BCUT2D eigenvalue weighted by Crippen LogP contribution is -2.39. The summed E-state index contributed by atoms with van der Waals surface area (Å²) in [4.78, 5) is 14.1. The molecule has 1 fully saturated rings. The Morgan fingerprint density at radius 1 is 1.25 bits per heavy atom. The molecule has 0 bridgehead atoms. The highest BCUT2D eigenvalue weighted by Crippen LogP contribution is 2.35. The minimum Gasteiger partial charge on any atom is -0.497 e. The van der Waals surface area contributed by atoms with Crippen molar-refractivity contribution in [1.82, 2.24) is 4.90 Å². The maximum Gasteiger partial charge on any atom is 0.234 e. The first-order valence-electron chi connectivity index (χ1n) is 9.55. The van der Waals surface area contributed by atoms with Crippen LogP contribution in [0.4, 0.5) is 0 Å². The van der Waals surface area contributed by atoms with Gasteiger partial charge in [0.25, 0.3) is 0 Å². The van der Waals surface area contributed by atoms with Crippen LogP contribution in [0.1, 0.15) is 25.8 Å². The summed E-state index contributed by atoms with van der Waals surface area (Å²) in [5, 5.41) is 1.05. The summed E-state index contributed by atoms with van der Waals surface area (Å²) in [5.74, 6) is 1.37. The topological polar surface area (TPSA) is 68.7 Å². The summed E-state index contributed by atoms with van der Waals surface area (Å²) in [7, 11) is 1.66. The van der Waals surface area contributed by atoms with Crippen molar-refractivity contribution in [2.45, 2.75) is 32.9 Å². The molecule has 2 N–H and O–H groups in total. The maximum atomic E-state index is 11.9. The summed E-state index contributed by atoms with van der Waals surface area (Å²) in [6.45, 7) is 5.93. The fourth-order valence-electron chi connectivity index (χ4n) is 4.17. The van der Waals surface area contributed by atoms with Crippen molar-refractivity contribution in [2.75, 3.05) is 13.7 Å². The van der Waals surface area contributed by atoms with E-state index in [2.05, 4.69) is 30.9 Å². The molecule has 0 radical (unpaired) electrons. The molecule has 3 aromatic rings. The van der Waals surface area contributed by atoms with E-state index in [1.807, 2.05) is 36.4 Å². The molecular formula is C23H26N2O3. The van der Waals surface area contributed by atoms with Gasteiger partial charge in [0.2, 0.25) is 5.91 Å². The standard InChI is InChI=1S/C23H26N2O3/c1-23(2)12-19(22(24)26)25(14-23)13-15-7-8-20-17(9-15)11-21(28-20)16-5-4-6-18(10-16)27-3/h4-11,19H,12-14H2,1-3H3,(H2,24,26)/t19-/m0/s1. The lowest BCUT2D eigenvalue weighted by molar-refractivity contribution is -0.122. The number of hydrogen-bond donors (Lipinski definition) is 1. The number of furan rings is 1. The Morgan fingerprint density at radius 2 is 2.07 bits per heavy atom. The maximum absolute atomic E-state index is 11.9. The fourth-order valence-corrected chi connectivity index (χ4v) is 4.17. The van der Waals surface area contributed by atoms with Gasteiger partial charge >= 0.3 is 0 Å². The third-order valence-corrected chi connectivity index (χ3v) is 5.47. The normalized spacial score (nSPS) is 19.2. The van der Waals surface area contributed by atoms with Gasteiger partial charge in [0.05, 0.1) is 13.2 Å². The van der Waals surface area contributed by atoms with Crippen molar-refractivity contribution in [3.05, 3.63) is 54.1 Å². The van der Waals surface area contributed by atoms with Crippen LogP contribution in [0.3, 0.4) is 0 Å². The van der Waals surface area contributed by atoms with E-state index in [0.29, 0.717) is 6.54 Å². The van der Waals surface area contributed by atoms with E-state index < -0.39 is 0 Å². The number of carbonyl (C=O) groups is 1. The number of rotatable bonds is 5. The molecule has 2 aromatic carbocycles. The number of nitrogens with two attached hydrogens (primary N) is 1. The number of hydrogen-bond acceptors (Lipinski definition) is 4. The molecule has 0 aliphatic carbocycles. The van der Waals surface area contributed by atoms with E-state index in [-0.39, 0.29) is 17.4 Å². The molecule has 5 heteroatoms. The highest BCUT2D eigenvalue weighted by molar-refractivity contribution is 5.84. The van der Waals surface area contributed by atoms with Gasteiger partial charge < -0.3 is 14.9 Å². The van der Waals surface area contributed by atoms with Gasteiger partial charge in [-0.1, -0.05) is 32.0 Å². The first-order valence-corrected chi connectivity index (χ1v) is 9.55. The predicted octanol–water partition coefficient (Wildman–Crippen LogP) is 4.19. The Bertz CT molecular complexity index is 1020. The number of likely N-dealkylation sites (tertiary alicyclic amines) is 1. The molecule has 4 rings (SSSR count). The summed E-state index contributed by atoms with van der Waals surface area (Å²) < 4.78 is 11.3. The van der Waals surface area contributed by atoms with Crippen LogP contribution in [0.15, 0.2) is 52.9 Å². The molecule has 1 aliphatic rings. The number of fused-ring (bicyclic) bond motifs is 1. The average Bonchev–Trinajstić information content (AvgIpc) is 3.21. The third kappa shape index (κ3) is 3.62. The Hall–Kier alpha value is -2.79. The Balaban J connectivity index is 1.60. The molecule has 146 valence electrons. The number of nitrogens with zero attached hydrogens (tertiary/aromatic N) is 1. The van der Waals surface area contributed by atoms with Crippen LogP contribution in [0.25, 0.3) is 22.3 Å². The van der Waals surface area contributed by atoms with E-state index >= 15 is 0 Å². The molecule has 0 saturated carbocycles. The van der Waals surface area contributed by atoms with Crippen molar-refractivity contribution < 1.29 is 13.9 Å². The van der Waals surface area contributed by atoms with Gasteiger partial charge in [0.1, 0.15) is 17.1 Å². The minimum absolute atomic E-state index is 0.0962. The zero-order valence-electron chi connectivity index (χ0n) is 16.6.